The minimum Gasteiger partial charge on any atom is -0.458 e. The zero-order valence-corrected chi connectivity index (χ0v) is 10.9. The highest BCUT2D eigenvalue weighted by atomic mass is 16.5. The third-order valence-electron chi connectivity index (χ3n) is 1.40. The highest BCUT2D eigenvalue weighted by molar-refractivity contribution is 5.74. The van der Waals surface area contributed by atoms with Gasteiger partial charge in [-0.3, -0.25) is 5.43 Å². The molecule has 6 nitrogen and oxygen atoms in total. The average molecular weight is 239 g/mol. The molecule has 0 spiro atoms. The maximum atomic E-state index is 5.65. The molecular weight excluding hydrogens is 218 g/mol. The Morgan fingerprint density at radius 1 is 1.35 bits per heavy atom. The van der Waals surface area contributed by atoms with Gasteiger partial charge in [0.15, 0.2) is 0 Å². The molecule has 0 unspecified atom stereocenters. The quantitative estimate of drug-likeness (QED) is 0.432. The summed E-state index contributed by atoms with van der Waals surface area (Å²) in [5.41, 5.74) is 5.16. The van der Waals surface area contributed by atoms with Crippen LogP contribution in [0.4, 0.5) is 0 Å². The maximum absolute atomic E-state index is 5.65. The SMILES string of the molecule is C=C/N=C(/OC(C)(C)C)N(C)N/C=C\NN=C. The zero-order valence-electron chi connectivity index (χ0n) is 10.9. The van der Waals surface area contributed by atoms with Crippen LogP contribution in [0.3, 0.4) is 0 Å². The molecule has 0 fully saturated rings. The minimum absolute atomic E-state index is 0.331. The van der Waals surface area contributed by atoms with Crippen LogP contribution in [0.25, 0.3) is 0 Å². The second kappa shape index (κ2) is 7.32. The number of nitrogens with one attached hydrogen (secondary N) is 2. The Morgan fingerprint density at radius 3 is 2.47 bits per heavy atom. The van der Waals surface area contributed by atoms with E-state index in [4.69, 9.17) is 4.74 Å². The van der Waals surface area contributed by atoms with Gasteiger partial charge in [-0.1, -0.05) is 6.58 Å². The lowest BCUT2D eigenvalue weighted by Gasteiger charge is -2.27. The van der Waals surface area contributed by atoms with Crippen molar-refractivity contribution in [2.45, 2.75) is 26.4 Å². The van der Waals surface area contributed by atoms with E-state index in [1.165, 1.54) is 6.20 Å². The van der Waals surface area contributed by atoms with Gasteiger partial charge in [-0.05, 0) is 20.8 Å². The first-order valence-corrected chi connectivity index (χ1v) is 5.14. The smallest absolute Gasteiger partial charge is 0.311 e. The topological polar surface area (TPSA) is 61.2 Å². The largest absolute Gasteiger partial charge is 0.458 e. The first-order valence-electron chi connectivity index (χ1n) is 5.14. The van der Waals surface area contributed by atoms with Crippen molar-refractivity contribution in [1.29, 1.82) is 0 Å². The van der Waals surface area contributed by atoms with Gasteiger partial charge in [-0.2, -0.15) is 5.10 Å². The van der Waals surface area contributed by atoms with Crippen LogP contribution in [0.2, 0.25) is 0 Å². The summed E-state index contributed by atoms with van der Waals surface area (Å²) in [7, 11) is 1.78. The molecule has 0 aromatic carbocycles. The third-order valence-corrected chi connectivity index (χ3v) is 1.40. The third kappa shape index (κ3) is 7.89. The zero-order chi connectivity index (χ0) is 13.3. The lowest BCUT2D eigenvalue weighted by Crippen LogP contribution is -2.41. The standard InChI is InChI=1S/C11H21N5O/c1-7-13-10(17-11(2,3)4)16(6)15-9-8-14-12-5/h7-9,14-15H,1,5H2,2-4,6H3/b9-8-,13-10+. The fourth-order valence-electron chi connectivity index (χ4n) is 0.828. The van der Waals surface area contributed by atoms with Crippen LogP contribution in [0, 0.1) is 0 Å². The van der Waals surface area contributed by atoms with Crippen molar-refractivity contribution >= 4 is 12.7 Å². The Hall–Kier alpha value is -1.98. The molecule has 0 aromatic heterocycles. The molecule has 0 amide bonds. The lowest BCUT2D eigenvalue weighted by molar-refractivity contribution is 0.0858. The first kappa shape index (κ1) is 15.0. The van der Waals surface area contributed by atoms with Gasteiger partial charge in [0.25, 0.3) is 0 Å². The van der Waals surface area contributed by atoms with Crippen molar-refractivity contribution in [3.05, 3.63) is 25.2 Å². The molecule has 0 heterocycles. The lowest BCUT2D eigenvalue weighted by atomic mass is 10.2. The van der Waals surface area contributed by atoms with Crippen LogP contribution < -0.4 is 10.9 Å². The second-order valence-corrected chi connectivity index (χ2v) is 4.12. The molecule has 0 aliphatic heterocycles. The summed E-state index contributed by atoms with van der Waals surface area (Å²) >= 11 is 0. The number of hydrogen-bond donors (Lipinski definition) is 2. The second-order valence-electron chi connectivity index (χ2n) is 4.12. The normalized spacial score (nSPS) is 12.1. The van der Waals surface area contributed by atoms with E-state index in [9.17, 15) is 0 Å². The Morgan fingerprint density at radius 2 is 2.00 bits per heavy atom. The first-order chi connectivity index (χ1) is 7.90. The summed E-state index contributed by atoms with van der Waals surface area (Å²) in [5.74, 6) is 0. The van der Waals surface area contributed by atoms with Crippen molar-refractivity contribution in [2.75, 3.05) is 7.05 Å². The summed E-state index contributed by atoms with van der Waals surface area (Å²) in [4.78, 5) is 4.04. The summed E-state index contributed by atoms with van der Waals surface area (Å²) in [5, 5.41) is 5.07. The maximum Gasteiger partial charge on any atom is 0.311 e. The van der Waals surface area contributed by atoms with Gasteiger partial charge in [0.1, 0.15) is 5.60 Å². The van der Waals surface area contributed by atoms with Crippen LogP contribution in [-0.4, -0.2) is 30.4 Å². The number of hydrazine groups is 1. The molecule has 0 radical (unpaired) electrons. The summed E-state index contributed by atoms with van der Waals surface area (Å²) in [6.07, 6.45) is 4.65. The van der Waals surface area contributed by atoms with E-state index in [0.29, 0.717) is 6.02 Å². The number of hydrazone groups is 1. The molecule has 0 saturated heterocycles. The van der Waals surface area contributed by atoms with Gasteiger partial charge in [-0.25, -0.2) is 10.0 Å². The predicted octanol–water partition coefficient (Wildman–Crippen LogP) is 1.41. The minimum atomic E-state index is -0.331. The molecule has 0 aliphatic carbocycles. The van der Waals surface area contributed by atoms with E-state index < -0.39 is 0 Å². The van der Waals surface area contributed by atoms with Crippen molar-refractivity contribution in [3.63, 3.8) is 0 Å². The van der Waals surface area contributed by atoms with Crippen LogP contribution in [0.5, 0.6) is 0 Å². The molecule has 0 saturated carbocycles. The number of ether oxygens (including phenoxy) is 1. The number of amidine groups is 1. The van der Waals surface area contributed by atoms with Crippen molar-refractivity contribution in [2.24, 2.45) is 10.1 Å². The average Bonchev–Trinajstić information content (AvgIpc) is 2.21. The highest BCUT2D eigenvalue weighted by Gasteiger charge is 2.17. The van der Waals surface area contributed by atoms with E-state index in [1.54, 1.807) is 24.5 Å². The summed E-state index contributed by atoms with van der Waals surface area (Å²) in [6.45, 7) is 12.7. The van der Waals surface area contributed by atoms with Crippen LogP contribution in [0.1, 0.15) is 20.8 Å². The van der Waals surface area contributed by atoms with Gasteiger partial charge >= 0.3 is 6.02 Å². The number of hydrogen-bond acceptors (Lipinski definition) is 5. The Bertz CT molecular complexity index is 303. The van der Waals surface area contributed by atoms with Crippen molar-refractivity contribution in [3.8, 4) is 0 Å². The van der Waals surface area contributed by atoms with E-state index in [-0.39, 0.29) is 5.60 Å². The Balaban J connectivity index is 4.45. The molecule has 17 heavy (non-hydrogen) atoms. The molecule has 0 atom stereocenters. The Kier molecular flexibility index (Phi) is 6.47. The van der Waals surface area contributed by atoms with Crippen LogP contribution in [-0.2, 0) is 4.74 Å². The summed E-state index contributed by atoms with van der Waals surface area (Å²) in [6, 6.07) is 0.420. The molecule has 0 aliphatic rings. The van der Waals surface area contributed by atoms with E-state index in [0.717, 1.165) is 0 Å². The molecule has 2 N–H and O–H groups in total. The number of rotatable bonds is 5. The molecular formula is C11H21N5O. The number of nitrogens with zero attached hydrogens (tertiary/aromatic N) is 3. The fraction of sp³-hybridized carbons (Fsp3) is 0.455. The molecule has 0 rings (SSSR count). The predicted molar refractivity (Wildman–Crippen MR) is 71.2 cm³/mol. The van der Waals surface area contributed by atoms with Gasteiger partial charge in [0.05, 0.1) is 0 Å². The van der Waals surface area contributed by atoms with Crippen LogP contribution in [0.15, 0.2) is 35.3 Å². The van der Waals surface area contributed by atoms with Crippen LogP contribution >= 0.6 is 0 Å². The monoisotopic (exact) mass is 239 g/mol. The van der Waals surface area contributed by atoms with E-state index in [1.807, 2.05) is 20.8 Å². The molecule has 96 valence electrons. The molecule has 6 heteroatoms. The fourth-order valence-corrected chi connectivity index (χ4v) is 0.828. The van der Waals surface area contributed by atoms with E-state index >= 15 is 0 Å². The number of aliphatic imine (C=N–C) groups is 1. The van der Waals surface area contributed by atoms with Gasteiger partial charge in [0, 0.05) is 32.4 Å². The molecule has 0 aromatic rings. The van der Waals surface area contributed by atoms with Gasteiger partial charge in [-0.15, -0.1) is 0 Å². The molecule has 0 bridgehead atoms. The summed E-state index contributed by atoms with van der Waals surface area (Å²) < 4.78 is 5.65. The van der Waals surface area contributed by atoms with Gasteiger partial charge in [0.2, 0.25) is 0 Å². The van der Waals surface area contributed by atoms with Crippen molar-refractivity contribution < 1.29 is 4.74 Å². The Labute approximate surface area is 103 Å². The van der Waals surface area contributed by atoms with E-state index in [2.05, 4.69) is 34.2 Å². The van der Waals surface area contributed by atoms with Crippen molar-refractivity contribution in [1.82, 2.24) is 15.9 Å². The highest BCUT2D eigenvalue weighted by Crippen LogP contribution is 2.08. The van der Waals surface area contributed by atoms with Gasteiger partial charge < -0.3 is 10.2 Å².